The molecule has 7 aromatic carbocycles. The van der Waals surface area contributed by atoms with Crippen LogP contribution in [0.1, 0.15) is 122 Å². The number of nitrogens with zero attached hydrogens (tertiary/aromatic N) is 7. The number of piperidine rings is 1. The van der Waals surface area contributed by atoms with Crippen LogP contribution in [0.5, 0.6) is 0 Å². The highest BCUT2D eigenvalue weighted by Gasteiger charge is 2.27. The maximum atomic E-state index is 13.9. The molecule has 0 radical (unpaired) electrons. The van der Waals surface area contributed by atoms with Crippen LogP contribution in [0.2, 0.25) is 5.28 Å². The van der Waals surface area contributed by atoms with Gasteiger partial charge in [0.15, 0.2) is 0 Å². The molecule has 404 valence electrons. The number of aliphatic imine (C=N–C) groups is 1. The van der Waals surface area contributed by atoms with Gasteiger partial charge in [-0.25, -0.2) is 24.3 Å². The molecule has 3 aromatic heterocycles. The minimum Gasteiger partial charge on any atom is -0.349 e. The lowest BCUT2D eigenvalue weighted by atomic mass is 9.97. The number of rotatable bonds is 6. The maximum absolute atomic E-state index is 13.9. The summed E-state index contributed by atoms with van der Waals surface area (Å²) < 4.78 is 20.6. The van der Waals surface area contributed by atoms with Gasteiger partial charge < -0.3 is 19.8 Å². The normalized spacial score (nSPS) is 18.4. The summed E-state index contributed by atoms with van der Waals surface area (Å²) >= 11 is 12.7. The molecular weight excluding hydrogens is 1150 g/mol. The maximum Gasteiger partial charge on any atom is 0.222 e. The third-order valence-electron chi connectivity index (χ3n) is 15.2. The van der Waals surface area contributed by atoms with Crippen molar-refractivity contribution in [1.29, 1.82) is 0 Å². The molecule has 1 saturated heterocycles. The molecule has 14 heteroatoms. The summed E-state index contributed by atoms with van der Waals surface area (Å²) in [6.45, 7) is 0. The minimum absolute atomic E-state index is 0.168. The topological polar surface area (TPSA) is 115 Å². The molecule has 0 aliphatic carbocycles. The summed E-state index contributed by atoms with van der Waals surface area (Å²) in [5.74, 6) is 3.16. The number of carbonyl (C=O) groups excluding carboxylic acids is 1. The second kappa shape index (κ2) is 25.9. The number of anilines is 1. The van der Waals surface area contributed by atoms with Crippen LogP contribution < -0.4 is 10.6 Å². The van der Waals surface area contributed by atoms with E-state index in [0.717, 1.165) is 88.3 Å². The van der Waals surface area contributed by atoms with E-state index in [9.17, 15) is 9.18 Å². The zero-order valence-corrected chi connectivity index (χ0v) is 48.2. The van der Waals surface area contributed by atoms with Crippen LogP contribution in [0, 0.1) is 5.82 Å². The number of aromatic nitrogens is 6. The fourth-order valence-corrected chi connectivity index (χ4v) is 12.2. The summed E-state index contributed by atoms with van der Waals surface area (Å²) in [6, 6.07) is 60.8. The number of amides is 1. The van der Waals surface area contributed by atoms with Crippen molar-refractivity contribution in [3.63, 3.8) is 0 Å². The lowest BCUT2D eigenvalue weighted by Gasteiger charge is -2.26. The zero-order valence-electron chi connectivity index (χ0n) is 44.2. The predicted molar refractivity (Wildman–Crippen MR) is 328 cm³/mol. The van der Waals surface area contributed by atoms with E-state index in [-0.39, 0.29) is 29.1 Å². The average Bonchev–Trinajstić information content (AvgIpc) is 4.28. The number of hydrogen-bond acceptors (Lipinski definition) is 7. The van der Waals surface area contributed by atoms with Crippen LogP contribution in [-0.2, 0) is 17.6 Å². The van der Waals surface area contributed by atoms with Crippen molar-refractivity contribution in [3.05, 3.63) is 242 Å². The first-order valence-electron chi connectivity index (χ1n) is 27.6. The molecule has 10 aromatic rings. The number of halogens is 4. The molecule has 0 bridgehead atoms. The largest absolute Gasteiger partial charge is 0.349 e. The molecule has 1 amide bonds. The Morgan fingerprint density at radius 2 is 1.05 bits per heavy atom. The van der Waals surface area contributed by atoms with Crippen molar-refractivity contribution in [2.24, 2.45) is 4.99 Å². The third-order valence-corrected chi connectivity index (χ3v) is 16.4. The molecule has 2 N–H and O–H groups in total. The second-order valence-corrected chi connectivity index (χ2v) is 22.7. The number of fused-ring (bicyclic) bond motifs is 6. The molecule has 4 atom stereocenters. The van der Waals surface area contributed by atoms with Crippen molar-refractivity contribution < 1.29 is 9.18 Å². The Morgan fingerprint density at radius 3 is 1.64 bits per heavy atom. The smallest absolute Gasteiger partial charge is 0.222 e. The molecule has 14 rings (SSSR count). The fourth-order valence-electron chi connectivity index (χ4n) is 11.4. The number of imidazole rings is 2. The van der Waals surface area contributed by atoms with Gasteiger partial charge in [0.05, 0.1) is 51.9 Å². The fraction of sp³-hybridized carbons (Fsp3) is 0.242. The number of nitrogens with one attached hydrogen (secondary N) is 2. The number of benzene rings is 7. The van der Waals surface area contributed by atoms with Gasteiger partial charge in [0.2, 0.25) is 11.2 Å². The highest BCUT2D eigenvalue weighted by Crippen LogP contribution is 2.38. The minimum atomic E-state index is -0.270. The molecule has 4 aliphatic rings. The van der Waals surface area contributed by atoms with Crippen molar-refractivity contribution in [3.8, 4) is 11.1 Å². The second-order valence-electron chi connectivity index (χ2n) is 20.6. The van der Waals surface area contributed by atoms with Gasteiger partial charge in [-0.1, -0.05) is 159 Å². The van der Waals surface area contributed by atoms with Gasteiger partial charge in [-0.2, -0.15) is 0 Å². The SMILES string of the molecule is Brc1ccc2nc3n(c2c1)C(c1ccccc1)CCC3.Clc1ncc(-c2ccc3nc4n(c3c2)C(c2ccccc2)CCC4)cn1.Fc1cc(Br)ccc1NC1=NC(c2ccccc2)CCC1.O=C1CCCC(c2ccccc2)N1. The van der Waals surface area contributed by atoms with E-state index in [4.69, 9.17) is 26.6 Å². The Hall–Kier alpha value is -7.32. The van der Waals surface area contributed by atoms with Crippen LogP contribution in [0.25, 0.3) is 33.2 Å². The third kappa shape index (κ3) is 13.1. The summed E-state index contributed by atoms with van der Waals surface area (Å²) in [5.41, 5.74) is 12.2. The Balaban J connectivity index is 0.000000115. The number of aryl methyl sites for hydroxylation is 2. The van der Waals surface area contributed by atoms with Crippen LogP contribution in [-0.4, -0.2) is 40.8 Å². The summed E-state index contributed by atoms with van der Waals surface area (Å²) in [4.78, 5) is 33.8. The molecule has 4 unspecified atom stereocenters. The molecule has 0 spiro atoms. The van der Waals surface area contributed by atoms with Crippen molar-refractivity contribution in [2.75, 3.05) is 5.32 Å². The Kier molecular flexibility index (Phi) is 17.7. The first-order chi connectivity index (χ1) is 39.2. The molecule has 7 heterocycles. The van der Waals surface area contributed by atoms with Gasteiger partial charge in [-0.05, 0) is 139 Å². The van der Waals surface area contributed by atoms with Crippen LogP contribution in [0.4, 0.5) is 10.1 Å². The molecule has 4 aliphatic heterocycles. The van der Waals surface area contributed by atoms with Gasteiger partial charge in [-0.15, -0.1) is 0 Å². The number of amidine groups is 1. The standard InChI is InChI=1S/C21H17ClN4.C17H16BrFN2.C17H15BrN2.C11H13NO/c22-21-23-12-16(13-24-21)15-9-10-17-19(11-15)26-18(7-4-8-20(26)25-17)14-5-2-1-3-6-14;18-13-9-10-16(14(19)11-13)21-17-8-4-7-15(20-17)12-5-2-1-3-6-12;18-13-9-10-14-16(11-13)20-15(7-4-8-17(20)19-14)12-5-2-1-3-6-12;13-11-8-4-7-10(12-11)9-5-2-1-3-6-9/h1-3,5-6,9-13,18H,4,7-8H2;1-3,5-6,9-11,15H,4,7-8H2,(H,20,21);1-3,5-6,9-11,15H,4,7-8H2;1-3,5-6,10H,4,7-8H2,(H,12,13). The van der Waals surface area contributed by atoms with Crippen LogP contribution in [0.15, 0.2) is 202 Å². The van der Waals surface area contributed by atoms with E-state index >= 15 is 0 Å². The molecule has 1 fully saturated rings. The predicted octanol–water partition coefficient (Wildman–Crippen LogP) is 17.1. The molecule has 0 saturated carbocycles. The van der Waals surface area contributed by atoms with E-state index in [1.165, 1.54) is 70.3 Å². The van der Waals surface area contributed by atoms with Gasteiger partial charge in [0.1, 0.15) is 23.3 Å². The monoisotopic (exact) mass is 1210 g/mol. The van der Waals surface area contributed by atoms with Crippen molar-refractivity contribution in [2.45, 2.75) is 101 Å². The average molecular weight is 1210 g/mol. The molecular formula is C66H61Br2ClFN9O. The first-order valence-corrected chi connectivity index (χ1v) is 29.6. The number of hydrogen-bond donors (Lipinski definition) is 2. The quantitative estimate of drug-likeness (QED) is 0.160. The number of carbonyl (C=O) groups is 1. The van der Waals surface area contributed by atoms with E-state index in [1.807, 2.05) is 42.5 Å². The van der Waals surface area contributed by atoms with Crippen molar-refractivity contribution >= 4 is 83.0 Å². The van der Waals surface area contributed by atoms with Gasteiger partial charge in [-0.3, -0.25) is 9.79 Å². The Labute approximate surface area is 488 Å². The summed E-state index contributed by atoms with van der Waals surface area (Å²) in [6.07, 6.45) is 16.0. The highest BCUT2D eigenvalue weighted by molar-refractivity contribution is 9.10. The van der Waals surface area contributed by atoms with Gasteiger partial charge in [0.25, 0.3) is 0 Å². The van der Waals surface area contributed by atoms with Gasteiger partial charge >= 0.3 is 0 Å². The highest BCUT2D eigenvalue weighted by atomic mass is 79.9. The van der Waals surface area contributed by atoms with E-state index < -0.39 is 0 Å². The zero-order chi connectivity index (χ0) is 54.8. The van der Waals surface area contributed by atoms with Crippen LogP contribution in [0.3, 0.4) is 0 Å². The molecule has 10 nitrogen and oxygen atoms in total. The van der Waals surface area contributed by atoms with E-state index in [1.54, 1.807) is 18.5 Å². The first kappa shape index (κ1) is 54.6. The van der Waals surface area contributed by atoms with E-state index in [0.29, 0.717) is 24.2 Å². The molecule has 80 heavy (non-hydrogen) atoms. The summed E-state index contributed by atoms with van der Waals surface area (Å²) in [7, 11) is 0. The van der Waals surface area contributed by atoms with E-state index in [2.05, 4.69) is 183 Å². The van der Waals surface area contributed by atoms with Gasteiger partial charge in [0, 0.05) is 52.6 Å². The lowest BCUT2D eigenvalue weighted by molar-refractivity contribution is -0.123. The summed E-state index contributed by atoms with van der Waals surface area (Å²) in [5, 5.41) is 6.39. The Bertz CT molecular complexity index is 3730. The van der Waals surface area contributed by atoms with Crippen LogP contribution >= 0.6 is 43.5 Å². The Morgan fingerprint density at radius 1 is 0.537 bits per heavy atom. The van der Waals surface area contributed by atoms with Crippen molar-refractivity contribution in [1.82, 2.24) is 34.4 Å². The lowest BCUT2D eigenvalue weighted by Crippen LogP contribution is -2.32.